The van der Waals surface area contributed by atoms with Crippen LogP contribution in [0.3, 0.4) is 0 Å². The van der Waals surface area contributed by atoms with E-state index in [0.717, 1.165) is 34.4 Å². The van der Waals surface area contributed by atoms with Crippen molar-refractivity contribution in [2.75, 3.05) is 0 Å². The van der Waals surface area contributed by atoms with Gasteiger partial charge in [0.25, 0.3) is 0 Å². The highest BCUT2D eigenvalue weighted by Crippen LogP contribution is 2.72. The minimum Gasteiger partial charge on any atom is -0.208 e. The van der Waals surface area contributed by atoms with Crippen LogP contribution < -0.4 is 0 Å². The molecule has 0 amide bonds. The Balaban J connectivity index is 1.06. The second kappa shape index (κ2) is 13.0. The molecule has 0 unspecified atom stereocenters. The van der Waals surface area contributed by atoms with Crippen LogP contribution in [-0.4, -0.2) is 15.0 Å². The first-order chi connectivity index (χ1) is 29.9. The molecule has 7 aromatic carbocycles. The van der Waals surface area contributed by atoms with Gasteiger partial charge in [0, 0.05) is 27.5 Å². The number of benzene rings is 7. The van der Waals surface area contributed by atoms with Crippen molar-refractivity contribution in [2.24, 2.45) is 23.7 Å². The normalized spacial score (nSPS) is 23.1. The third-order valence-electron chi connectivity index (χ3n) is 15.7. The summed E-state index contributed by atoms with van der Waals surface area (Å²) < 4.78 is 0. The van der Waals surface area contributed by atoms with Crippen LogP contribution in [0.15, 0.2) is 164 Å². The first kappa shape index (κ1) is 35.3. The first-order valence-electron chi connectivity index (χ1n) is 22.4. The SMILES string of the molecule is CC1(C)c2ccccc2-c2c1c(-c1nc(-c3ccc(-c4ccccc4)cc3)nc(-c3ccc(-c4ccccc4)cc3)n1)cc1c2C2(c3ccccc3-1)C1CC3CC(C1)CC2C3. The predicted molar refractivity (Wildman–Crippen MR) is 248 cm³/mol. The minimum absolute atomic E-state index is 0.0336. The molecular weight excluding hydrogens is 739 g/mol. The largest absolute Gasteiger partial charge is 0.208 e. The maximum Gasteiger partial charge on any atom is 0.164 e. The summed E-state index contributed by atoms with van der Waals surface area (Å²) in [5.41, 5.74) is 19.2. The molecule has 3 nitrogen and oxygen atoms in total. The fourth-order valence-electron chi connectivity index (χ4n) is 13.4. The number of fused-ring (bicyclic) bond motifs is 7. The van der Waals surface area contributed by atoms with Gasteiger partial charge in [-0.15, -0.1) is 0 Å². The fourth-order valence-corrected chi connectivity index (χ4v) is 13.4. The summed E-state index contributed by atoms with van der Waals surface area (Å²) in [4.78, 5) is 16.3. The summed E-state index contributed by atoms with van der Waals surface area (Å²) in [6.45, 7) is 4.87. The molecule has 0 saturated heterocycles. The van der Waals surface area contributed by atoms with Gasteiger partial charge in [-0.3, -0.25) is 0 Å². The topological polar surface area (TPSA) is 38.7 Å². The van der Waals surface area contributed by atoms with Gasteiger partial charge >= 0.3 is 0 Å². The fraction of sp³-hybridized carbons (Fsp3) is 0.224. The Hall–Kier alpha value is -6.45. The highest BCUT2D eigenvalue weighted by molar-refractivity contribution is 5.99. The third kappa shape index (κ3) is 5.07. The average molecular weight is 786 g/mol. The van der Waals surface area contributed by atoms with E-state index >= 15 is 0 Å². The Labute approximate surface area is 358 Å². The van der Waals surface area contributed by atoms with Crippen molar-refractivity contribution in [3.63, 3.8) is 0 Å². The molecule has 1 spiro atoms. The standard InChI is InChI=1S/C58H47N3/c1-57(2)49-19-11-10-18-46(49)51-52(57)48(34-47-45-17-9-12-20-50(45)58(53(47)51)43-30-35-29-36(32-43)33-44(58)31-35)56-60-54(41-25-21-39(22-26-41)37-13-5-3-6-14-37)59-55(61-56)42-27-23-40(24-28-42)38-15-7-4-8-16-38/h3-28,34-36,43-44H,29-33H2,1-2H3. The van der Waals surface area contributed by atoms with Gasteiger partial charge in [-0.2, -0.15) is 0 Å². The lowest BCUT2D eigenvalue weighted by Crippen LogP contribution is -2.55. The van der Waals surface area contributed by atoms with Crippen LogP contribution in [0.5, 0.6) is 0 Å². The van der Waals surface area contributed by atoms with E-state index in [0.29, 0.717) is 23.5 Å². The zero-order valence-corrected chi connectivity index (χ0v) is 34.8. The van der Waals surface area contributed by atoms with Gasteiger partial charge in [-0.05, 0) is 129 Å². The highest BCUT2D eigenvalue weighted by Gasteiger charge is 2.63. The lowest BCUT2D eigenvalue weighted by Gasteiger charge is -2.61. The smallest absolute Gasteiger partial charge is 0.164 e. The van der Waals surface area contributed by atoms with Crippen LogP contribution in [-0.2, 0) is 10.8 Å². The van der Waals surface area contributed by atoms with Crippen LogP contribution >= 0.6 is 0 Å². The lowest BCUT2D eigenvalue weighted by molar-refractivity contribution is -0.0397. The lowest BCUT2D eigenvalue weighted by atomic mass is 9.42. The van der Waals surface area contributed by atoms with Crippen molar-refractivity contribution in [1.82, 2.24) is 15.0 Å². The summed E-state index contributed by atoms with van der Waals surface area (Å²) in [6.07, 6.45) is 6.87. The maximum absolute atomic E-state index is 5.51. The molecule has 6 aliphatic rings. The van der Waals surface area contributed by atoms with Gasteiger partial charge in [0.2, 0.25) is 0 Å². The van der Waals surface area contributed by atoms with Crippen LogP contribution in [0.25, 0.3) is 78.7 Å². The molecule has 1 aromatic heterocycles. The molecule has 8 aromatic rings. The zero-order chi connectivity index (χ0) is 40.5. The van der Waals surface area contributed by atoms with Gasteiger partial charge in [0.1, 0.15) is 0 Å². The van der Waals surface area contributed by atoms with Gasteiger partial charge < -0.3 is 0 Å². The van der Waals surface area contributed by atoms with Gasteiger partial charge in [0.05, 0.1) is 0 Å². The third-order valence-corrected chi connectivity index (χ3v) is 15.7. The van der Waals surface area contributed by atoms with E-state index in [1.54, 1.807) is 11.1 Å². The quantitative estimate of drug-likeness (QED) is 0.174. The molecule has 4 fully saturated rings. The van der Waals surface area contributed by atoms with E-state index in [9.17, 15) is 0 Å². The molecular formula is C58H47N3. The van der Waals surface area contributed by atoms with E-state index in [1.165, 1.54) is 87.7 Å². The van der Waals surface area contributed by atoms with Crippen LogP contribution in [0.4, 0.5) is 0 Å². The second-order valence-corrected chi connectivity index (χ2v) is 19.2. The average Bonchev–Trinajstić information content (AvgIpc) is 3.74. The Bertz CT molecular complexity index is 2910. The Morgan fingerprint density at radius 3 is 1.38 bits per heavy atom. The van der Waals surface area contributed by atoms with E-state index < -0.39 is 0 Å². The molecule has 0 N–H and O–H groups in total. The molecule has 294 valence electrons. The predicted octanol–water partition coefficient (Wildman–Crippen LogP) is 14.2. The summed E-state index contributed by atoms with van der Waals surface area (Å²) in [5, 5.41) is 0. The first-order valence-corrected chi connectivity index (χ1v) is 22.4. The monoisotopic (exact) mass is 785 g/mol. The molecule has 6 aliphatic carbocycles. The number of aromatic nitrogens is 3. The Kier molecular flexibility index (Phi) is 7.54. The van der Waals surface area contributed by atoms with Crippen LogP contribution in [0.1, 0.15) is 68.2 Å². The van der Waals surface area contributed by atoms with E-state index in [2.05, 4.69) is 178 Å². The van der Waals surface area contributed by atoms with Crippen LogP contribution in [0.2, 0.25) is 0 Å². The van der Waals surface area contributed by atoms with Crippen molar-refractivity contribution in [3.05, 3.63) is 186 Å². The summed E-state index contributed by atoms with van der Waals surface area (Å²) in [5.74, 6) is 5.22. The van der Waals surface area contributed by atoms with Crippen molar-refractivity contribution >= 4 is 0 Å². The van der Waals surface area contributed by atoms with Crippen molar-refractivity contribution in [2.45, 2.75) is 56.8 Å². The molecule has 0 aliphatic heterocycles. The van der Waals surface area contributed by atoms with Crippen molar-refractivity contribution < 1.29 is 0 Å². The highest BCUT2D eigenvalue weighted by atomic mass is 15.0. The van der Waals surface area contributed by atoms with Gasteiger partial charge in [-0.1, -0.05) is 172 Å². The van der Waals surface area contributed by atoms with E-state index in [-0.39, 0.29) is 10.8 Å². The van der Waals surface area contributed by atoms with Gasteiger partial charge in [0.15, 0.2) is 17.5 Å². The number of rotatable bonds is 5. The summed E-state index contributed by atoms with van der Waals surface area (Å²) in [7, 11) is 0. The van der Waals surface area contributed by atoms with Crippen molar-refractivity contribution in [1.29, 1.82) is 0 Å². The number of hydrogen-bond donors (Lipinski definition) is 0. The van der Waals surface area contributed by atoms with Crippen molar-refractivity contribution in [3.8, 4) is 78.7 Å². The van der Waals surface area contributed by atoms with Crippen LogP contribution in [0, 0.1) is 23.7 Å². The zero-order valence-electron chi connectivity index (χ0n) is 34.8. The van der Waals surface area contributed by atoms with Gasteiger partial charge in [-0.25, -0.2) is 15.0 Å². The number of hydrogen-bond acceptors (Lipinski definition) is 3. The Morgan fingerprint density at radius 1 is 0.377 bits per heavy atom. The molecule has 3 heteroatoms. The molecule has 0 radical (unpaired) electrons. The second-order valence-electron chi connectivity index (χ2n) is 19.2. The maximum atomic E-state index is 5.51. The minimum atomic E-state index is -0.264. The molecule has 1 heterocycles. The summed E-state index contributed by atoms with van der Waals surface area (Å²) in [6, 6.07) is 59.9. The van der Waals surface area contributed by atoms with E-state index in [4.69, 9.17) is 15.0 Å². The molecule has 14 rings (SSSR count). The summed E-state index contributed by atoms with van der Waals surface area (Å²) >= 11 is 0. The Morgan fingerprint density at radius 2 is 0.820 bits per heavy atom. The molecule has 61 heavy (non-hydrogen) atoms. The van der Waals surface area contributed by atoms with E-state index in [1.807, 2.05) is 0 Å². The molecule has 0 atom stereocenters. The number of nitrogens with zero attached hydrogens (tertiary/aromatic N) is 3. The molecule has 4 bridgehead atoms. The molecule has 4 saturated carbocycles.